The number of esters is 1. The van der Waals surface area contributed by atoms with E-state index in [9.17, 15) is 19.2 Å². The highest BCUT2D eigenvalue weighted by atomic mass is 35.5. The van der Waals surface area contributed by atoms with Gasteiger partial charge in [-0.2, -0.15) is 0 Å². The van der Waals surface area contributed by atoms with E-state index >= 15 is 0 Å². The minimum atomic E-state index is -1.05. The van der Waals surface area contributed by atoms with Crippen LogP contribution >= 0.6 is 11.6 Å². The zero-order valence-electron chi connectivity index (χ0n) is 15.8. The SMILES string of the molecule is C[C@H](C(=O)OCC(=O)c1ccc(Cl)cc1)N1C(=O)[C@@H]2[C@H]3C=C[C@@H]([C@@H]4C[C@@H]34)[C@H]2C1=O. The molecule has 5 aliphatic rings. The summed E-state index contributed by atoms with van der Waals surface area (Å²) in [7, 11) is 0. The van der Waals surface area contributed by atoms with E-state index in [1.807, 2.05) is 0 Å². The Hall–Kier alpha value is -2.47. The number of Topliss-reactive ketones (excluding diaryl/α,β-unsaturated/α-hetero) is 1. The van der Waals surface area contributed by atoms with Crippen molar-refractivity contribution in [3.8, 4) is 0 Å². The molecule has 7 heteroatoms. The Kier molecular flexibility index (Phi) is 4.17. The van der Waals surface area contributed by atoms with Gasteiger partial charge in [-0.3, -0.25) is 19.3 Å². The molecule has 6 nitrogen and oxygen atoms in total. The second-order valence-corrected chi connectivity index (χ2v) is 8.85. The third-order valence-electron chi connectivity index (χ3n) is 6.94. The van der Waals surface area contributed by atoms with Crippen LogP contribution in [0.2, 0.25) is 5.02 Å². The highest BCUT2D eigenvalue weighted by Gasteiger charge is 2.67. The Bertz CT molecular complexity index is 918. The summed E-state index contributed by atoms with van der Waals surface area (Å²) in [6.07, 6.45) is 5.26. The predicted octanol–water partition coefficient (Wildman–Crippen LogP) is 2.51. The van der Waals surface area contributed by atoms with Gasteiger partial charge in [-0.15, -0.1) is 0 Å². The lowest BCUT2D eigenvalue weighted by molar-refractivity contribution is -0.157. The molecule has 2 amide bonds. The van der Waals surface area contributed by atoms with Gasteiger partial charge in [0.1, 0.15) is 6.04 Å². The molecular formula is C22H20ClNO5. The average Bonchev–Trinajstić information content (AvgIpc) is 3.49. The average molecular weight is 414 g/mol. The maximum atomic E-state index is 13.0. The summed E-state index contributed by atoms with van der Waals surface area (Å²) in [5.41, 5.74) is 0.371. The summed E-state index contributed by atoms with van der Waals surface area (Å²) in [5, 5.41) is 0.501. The van der Waals surface area contributed by atoms with E-state index in [4.69, 9.17) is 16.3 Å². The van der Waals surface area contributed by atoms with E-state index in [0.717, 1.165) is 11.3 Å². The lowest BCUT2D eigenvalue weighted by Gasteiger charge is -2.37. The molecule has 2 bridgehead atoms. The van der Waals surface area contributed by atoms with E-state index in [1.165, 1.54) is 6.92 Å². The third-order valence-corrected chi connectivity index (χ3v) is 7.19. The van der Waals surface area contributed by atoms with Crippen molar-refractivity contribution >= 4 is 35.2 Å². The summed E-state index contributed by atoms with van der Waals surface area (Å²) < 4.78 is 5.13. The number of carbonyl (C=O) groups excluding carboxylic acids is 4. The topological polar surface area (TPSA) is 80.8 Å². The molecule has 1 heterocycles. The molecule has 6 rings (SSSR count). The number of ether oxygens (including phenoxy) is 1. The van der Waals surface area contributed by atoms with Crippen molar-refractivity contribution in [2.75, 3.05) is 6.61 Å². The van der Waals surface area contributed by atoms with Gasteiger partial charge < -0.3 is 4.74 Å². The highest BCUT2D eigenvalue weighted by molar-refractivity contribution is 6.30. The van der Waals surface area contributed by atoms with Gasteiger partial charge in [0.25, 0.3) is 0 Å². The van der Waals surface area contributed by atoms with E-state index in [2.05, 4.69) is 12.2 Å². The fourth-order valence-corrected chi connectivity index (χ4v) is 5.57. The number of nitrogens with zero attached hydrogens (tertiary/aromatic N) is 1. The monoisotopic (exact) mass is 413 g/mol. The Morgan fingerprint density at radius 2 is 1.62 bits per heavy atom. The van der Waals surface area contributed by atoms with E-state index in [1.54, 1.807) is 24.3 Å². The zero-order chi connectivity index (χ0) is 20.4. The van der Waals surface area contributed by atoms with Crippen LogP contribution in [0, 0.1) is 35.5 Å². The second-order valence-electron chi connectivity index (χ2n) is 8.41. The van der Waals surface area contributed by atoms with Crippen LogP contribution in [0.25, 0.3) is 0 Å². The molecule has 150 valence electrons. The molecule has 0 N–H and O–H groups in total. The molecule has 2 saturated carbocycles. The maximum Gasteiger partial charge on any atom is 0.329 e. The zero-order valence-corrected chi connectivity index (χ0v) is 16.5. The van der Waals surface area contributed by atoms with Gasteiger partial charge in [-0.1, -0.05) is 23.8 Å². The second kappa shape index (κ2) is 6.52. The number of rotatable bonds is 5. The van der Waals surface area contributed by atoms with Gasteiger partial charge in [-0.25, -0.2) is 4.79 Å². The summed E-state index contributed by atoms with van der Waals surface area (Å²) >= 11 is 5.80. The van der Waals surface area contributed by atoms with E-state index < -0.39 is 18.6 Å². The lowest BCUT2D eigenvalue weighted by atomic mass is 9.63. The smallest absolute Gasteiger partial charge is 0.329 e. The number of amides is 2. The van der Waals surface area contributed by atoms with Crippen molar-refractivity contribution < 1.29 is 23.9 Å². The number of halogens is 1. The van der Waals surface area contributed by atoms with Crippen molar-refractivity contribution in [1.29, 1.82) is 0 Å². The molecule has 4 aliphatic carbocycles. The third kappa shape index (κ3) is 2.76. The van der Waals surface area contributed by atoms with Gasteiger partial charge in [0.05, 0.1) is 11.8 Å². The summed E-state index contributed by atoms with van der Waals surface area (Å²) in [6, 6.07) is 5.21. The summed E-state index contributed by atoms with van der Waals surface area (Å²) in [4.78, 5) is 51.8. The van der Waals surface area contributed by atoms with Crippen LogP contribution in [0.3, 0.4) is 0 Å². The molecule has 0 radical (unpaired) electrons. The van der Waals surface area contributed by atoms with Crippen molar-refractivity contribution in [2.24, 2.45) is 35.5 Å². The molecule has 1 saturated heterocycles. The first kappa shape index (κ1) is 18.6. The van der Waals surface area contributed by atoms with Crippen LogP contribution in [0.15, 0.2) is 36.4 Å². The number of likely N-dealkylation sites (tertiary alicyclic amines) is 1. The van der Waals surface area contributed by atoms with Crippen LogP contribution in [-0.4, -0.2) is 41.1 Å². The molecule has 3 fully saturated rings. The highest BCUT2D eigenvalue weighted by Crippen LogP contribution is 2.65. The summed E-state index contributed by atoms with van der Waals surface area (Å²) in [6.45, 7) is 1.03. The molecule has 7 atom stereocenters. The number of hydrogen-bond acceptors (Lipinski definition) is 5. The van der Waals surface area contributed by atoms with Crippen molar-refractivity contribution in [2.45, 2.75) is 19.4 Å². The van der Waals surface area contributed by atoms with Gasteiger partial charge in [-0.05, 0) is 61.3 Å². The van der Waals surface area contributed by atoms with Crippen LogP contribution in [0.4, 0.5) is 0 Å². The minimum absolute atomic E-state index is 0.103. The normalized spacial score (nSPS) is 34.6. The Labute approximate surface area is 172 Å². The molecule has 1 aromatic carbocycles. The fraction of sp³-hybridized carbons (Fsp3) is 0.455. The van der Waals surface area contributed by atoms with Crippen LogP contribution < -0.4 is 0 Å². The quantitative estimate of drug-likeness (QED) is 0.320. The van der Waals surface area contributed by atoms with E-state index in [0.29, 0.717) is 22.4 Å². The standard InChI is InChI=1S/C22H20ClNO5/c1-10(22(28)29-9-17(25)11-2-4-12(23)5-3-11)24-20(26)18-13-6-7-14(16-8-15(13)16)19(18)21(24)27/h2-7,10,13-16,18-19H,8-9H2,1H3/t10-,13+,14+,15+,16+,18-,19-/m1/s1. The molecule has 1 aromatic rings. The molecule has 0 aromatic heterocycles. The van der Waals surface area contributed by atoms with Gasteiger partial charge in [0, 0.05) is 10.6 Å². The Balaban J connectivity index is 1.26. The number of imide groups is 1. The van der Waals surface area contributed by atoms with Crippen LogP contribution in [-0.2, 0) is 19.1 Å². The molecule has 0 spiro atoms. The first-order valence-corrected chi connectivity index (χ1v) is 10.3. The van der Waals surface area contributed by atoms with Crippen LogP contribution in [0.1, 0.15) is 23.7 Å². The Morgan fingerprint density at radius 1 is 1.07 bits per heavy atom. The number of benzene rings is 1. The molecule has 0 unspecified atom stereocenters. The molecule has 1 aliphatic heterocycles. The number of hydrogen-bond donors (Lipinski definition) is 0. The number of ketones is 1. The fourth-order valence-electron chi connectivity index (χ4n) is 5.44. The largest absolute Gasteiger partial charge is 0.456 e. The molecule has 29 heavy (non-hydrogen) atoms. The van der Waals surface area contributed by atoms with Gasteiger partial charge in [0.2, 0.25) is 11.8 Å². The summed E-state index contributed by atoms with van der Waals surface area (Å²) in [5.74, 6) is -1.19. The number of carbonyl (C=O) groups is 4. The number of allylic oxidation sites excluding steroid dienone is 2. The first-order chi connectivity index (χ1) is 13.9. The molecular weight excluding hydrogens is 394 g/mol. The lowest BCUT2D eigenvalue weighted by Crippen LogP contribution is -2.45. The van der Waals surface area contributed by atoms with Crippen molar-refractivity contribution in [3.05, 3.63) is 47.0 Å². The van der Waals surface area contributed by atoms with Gasteiger partial charge in [0.15, 0.2) is 12.4 Å². The minimum Gasteiger partial charge on any atom is -0.456 e. The van der Waals surface area contributed by atoms with Crippen molar-refractivity contribution in [1.82, 2.24) is 4.90 Å². The van der Waals surface area contributed by atoms with Gasteiger partial charge >= 0.3 is 5.97 Å². The Morgan fingerprint density at radius 3 is 2.17 bits per heavy atom. The first-order valence-electron chi connectivity index (χ1n) is 9.89. The van der Waals surface area contributed by atoms with Crippen LogP contribution in [0.5, 0.6) is 0 Å². The van der Waals surface area contributed by atoms with E-state index in [-0.39, 0.29) is 41.3 Å². The predicted molar refractivity (Wildman–Crippen MR) is 103 cm³/mol. The van der Waals surface area contributed by atoms with Crippen molar-refractivity contribution in [3.63, 3.8) is 0 Å². The maximum absolute atomic E-state index is 13.0.